The molecule has 0 spiro atoms. The molecule has 0 bridgehead atoms. The number of aryl methyl sites for hydroxylation is 1. The number of hydrogen-bond donors (Lipinski definition) is 2. The molecule has 2 unspecified atom stereocenters. The van der Waals surface area contributed by atoms with Gasteiger partial charge in [0.25, 0.3) is 0 Å². The van der Waals surface area contributed by atoms with E-state index in [0.29, 0.717) is 0 Å². The van der Waals surface area contributed by atoms with Crippen molar-refractivity contribution in [2.24, 2.45) is 11.8 Å². The predicted molar refractivity (Wildman–Crippen MR) is 99.3 cm³/mol. The third kappa shape index (κ3) is 2.28. The van der Waals surface area contributed by atoms with E-state index in [0.717, 1.165) is 65.0 Å². The Bertz CT molecular complexity index is 976. The summed E-state index contributed by atoms with van der Waals surface area (Å²) < 4.78 is 14.8. The number of H-pyrrole nitrogens is 1. The second-order valence-electron chi connectivity index (χ2n) is 7.10. The third-order valence-corrected chi connectivity index (χ3v) is 6.11. The zero-order chi connectivity index (χ0) is 17.1. The number of anilines is 1. The fraction of sp³-hybridized carbons (Fsp3) is 0.444. The van der Waals surface area contributed by atoms with Crippen LogP contribution in [0.3, 0.4) is 0 Å². The maximum atomic E-state index is 13.4. The van der Waals surface area contributed by atoms with Crippen molar-refractivity contribution < 1.29 is 3.89 Å². The maximum Gasteiger partial charge on any atom is 0.187 e. The SMILES string of the molecule is CCc1cc(NC)cc2nc(-c3nn(SF)c4c3CC3CC3C4)[nH]c12. The van der Waals surface area contributed by atoms with Gasteiger partial charge in [-0.2, -0.15) is 9.19 Å². The van der Waals surface area contributed by atoms with Gasteiger partial charge in [0, 0.05) is 18.3 Å². The van der Waals surface area contributed by atoms with Gasteiger partial charge in [0.2, 0.25) is 0 Å². The first-order valence-electron chi connectivity index (χ1n) is 8.82. The third-order valence-electron chi connectivity index (χ3n) is 5.68. The lowest BCUT2D eigenvalue weighted by molar-refractivity contribution is 0.632. The quantitative estimate of drug-likeness (QED) is 0.737. The minimum Gasteiger partial charge on any atom is -0.388 e. The van der Waals surface area contributed by atoms with Gasteiger partial charge < -0.3 is 10.3 Å². The lowest BCUT2D eigenvalue weighted by Gasteiger charge is -2.11. The predicted octanol–water partition coefficient (Wildman–Crippen LogP) is 4.15. The second-order valence-corrected chi connectivity index (χ2v) is 7.58. The summed E-state index contributed by atoms with van der Waals surface area (Å²) in [5.41, 5.74) is 7.27. The summed E-state index contributed by atoms with van der Waals surface area (Å²) >= 11 is 0.194. The molecule has 2 aliphatic carbocycles. The number of imidazole rings is 1. The van der Waals surface area contributed by atoms with E-state index in [2.05, 4.69) is 28.4 Å². The van der Waals surface area contributed by atoms with Crippen LogP contribution in [-0.2, 0) is 19.3 Å². The molecule has 25 heavy (non-hydrogen) atoms. The van der Waals surface area contributed by atoms with Gasteiger partial charge in [0.05, 0.1) is 16.7 Å². The molecule has 2 heterocycles. The molecule has 3 aromatic rings. The zero-order valence-electron chi connectivity index (χ0n) is 14.3. The van der Waals surface area contributed by atoms with Gasteiger partial charge in [-0.25, -0.2) is 4.98 Å². The fourth-order valence-corrected chi connectivity index (χ4v) is 4.55. The van der Waals surface area contributed by atoms with Crippen LogP contribution < -0.4 is 5.32 Å². The van der Waals surface area contributed by atoms with Gasteiger partial charge in [0.1, 0.15) is 5.69 Å². The van der Waals surface area contributed by atoms with Crippen LogP contribution in [0.1, 0.15) is 30.2 Å². The zero-order valence-corrected chi connectivity index (χ0v) is 15.1. The van der Waals surface area contributed by atoms with Crippen LogP contribution in [0.15, 0.2) is 12.1 Å². The second kappa shape index (κ2) is 5.49. The van der Waals surface area contributed by atoms with Crippen molar-refractivity contribution in [3.8, 4) is 11.5 Å². The Hall–Kier alpha value is -2.02. The number of hydrogen-bond acceptors (Lipinski definition) is 4. The highest BCUT2D eigenvalue weighted by molar-refractivity contribution is 7.92. The highest BCUT2D eigenvalue weighted by atomic mass is 32.2. The Balaban J connectivity index is 1.68. The maximum absolute atomic E-state index is 13.4. The Morgan fingerprint density at radius 1 is 1.36 bits per heavy atom. The topological polar surface area (TPSA) is 58.5 Å². The first-order chi connectivity index (χ1) is 12.2. The van der Waals surface area contributed by atoms with E-state index in [4.69, 9.17) is 4.98 Å². The summed E-state index contributed by atoms with van der Waals surface area (Å²) in [5.74, 6) is 2.23. The number of rotatable bonds is 4. The smallest absolute Gasteiger partial charge is 0.187 e. The van der Waals surface area contributed by atoms with Gasteiger partial charge in [-0.1, -0.05) is 6.92 Å². The van der Waals surface area contributed by atoms with E-state index in [1.54, 1.807) is 0 Å². The molecule has 0 saturated heterocycles. The van der Waals surface area contributed by atoms with Gasteiger partial charge in [-0.05, 0) is 55.2 Å². The van der Waals surface area contributed by atoms with Crippen LogP contribution >= 0.6 is 12.3 Å². The summed E-state index contributed by atoms with van der Waals surface area (Å²) in [4.78, 5) is 8.24. The van der Waals surface area contributed by atoms with E-state index in [1.165, 1.54) is 21.6 Å². The first kappa shape index (κ1) is 15.3. The molecule has 5 nitrogen and oxygen atoms in total. The van der Waals surface area contributed by atoms with Crippen molar-refractivity contribution in [2.45, 2.75) is 32.6 Å². The number of nitrogens with one attached hydrogen (secondary N) is 2. The molecule has 1 fully saturated rings. The normalized spacial score (nSPS) is 21.2. The molecule has 5 rings (SSSR count). The summed E-state index contributed by atoms with van der Waals surface area (Å²) in [6, 6.07) is 4.18. The van der Waals surface area contributed by atoms with E-state index >= 15 is 0 Å². The Morgan fingerprint density at radius 3 is 2.96 bits per heavy atom. The van der Waals surface area contributed by atoms with Crippen molar-refractivity contribution in [3.63, 3.8) is 0 Å². The van der Waals surface area contributed by atoms with Gasteiger partial charge in [-0.15, -0.1) is 3.89 Å². The number of fused-ring (bicyclic) bond motifs is 3. The molecule has 0 aliphatic heterocycles. The number of aromatic nitrogens is 4. The van der Waals surface area contributed by atoms with Crippen LogP contribution in [0.5, 0.6) is 0 Å². The minimum absolute atomic E-state index is 0.194. The standard InChI is InChI=1S/C18H20FN5S/c1-3-9-5-12(20-2)8-14-16(9)22-18(21-14)17-13-6-10-4-11(10)7-15(13)24(23-17)25-19/h5,8,10-11,20H,3-4,6-7H2,1-2H3,(H,21,22). The lowest BCUT2D eigenvalue weighted by atomic mass is 9.96. The molecule has 1 saturated carbocycles. The summed E-state index contributed by atoms with van der Waals surface area (Å²) in [6.07, 6.45) is 4.12. The number of halogens is 1. The molecule has 2 N–H and O–H groups in total. The van der Waals surface area contributed by atoms with Crippen molar-refractivity contribution in [1.29, 1.82) is 0 Å². The Labute approximate surface area is 149 Å². The van der Waals surface area contributed by atoms with Crippen LogP contribution in [0.2, 0.25) is 0 Å². The molecular weight excluding hydrogens is 337 g/mol. The largest absolute Gasteiger partial charge is 0.388 e. The molecule has 1 aromatic carbocycles. The van der Waals surface area contributed by atoms with Crippen LogP contribution in [0.4, 0.5) is 9.57 Å². The van der Waals surface area contributed by atoms with Crippen LogP contribution in [0.25, 0.3) is 22.6 Å². The van der Waals surface area contributed by atoms with Crippen LogP contribution in [-0.4, -0.2) is 26.2 Å². The number of benzene rings is 1. The van der Waals surface area contributed by atoms with Gasteiger partial charge in [-0.3, -0.25) is 0 Å². The highest BCUT2D eigenvalue weighted by Gasteiger charge is 2.44. The summed E-state index contributed by atoms with van der Waals surface area (Å²) in [5, 5.41) is 7.71. The van der Waals surface area contributed by atoms with Crippen LogP contribution in [0, 0.1) is 11.8 Å². The Morgan fingerprint density at radius 2 is 2.20 bits per heavy atom. The number of aromatic amines is 1. The average Bonchev–Trinajstić information content (AvgIpc) is 3.12. The average molecular weight is 357 g/mol. The summed E-state index contributed by atoms with van der Waals surface area (Å²) in [7, 11) is 1.91. The van der Waals surface area contributed by atoms with Crippen molar-refractivity contribution in [1.82, 2.24) is 19.2 Å². The minimum atomic E-state index is 0.194. The monoisotopic (exact) mass is 357 g/mol. The van der Waals surface area contributed by atoms with Crippen molar-refractivity contribution in [3.05, 3.63) is 29.0 Å². The molecular formula is C18H20FN5S. The molecule has 7 heteroatoms. The molecule has 2 aromatic heterocycles. The molecule has 0 amide bonds. The van der Waals surface area contributed by atoms with Gasteiger partial charge in [0.15, 0.2) is 18.2 Å². The molecule has 0 radical (unpaired) electrons. The van der Waals surface area contributed by atoms with E-state index < -0.39 is 0 Å². The van der Waals surface area contributed by atoms with E-state index in [1.807, 2.05) is 13.1 Å². The van der Waals surface area contributed by atoms with Crippen molar-refractivity contribution in [2.75, 3.05) is 12.4 Å². The first-order valence-corrected chi connectivity index (χ1v) is 9.49. The Kier molecular flexibility index (Phi) is 3.35. The van der Waals surface area contributed by atoms with E-state index in [-0.39, 0.29) is 12.3 Å². The molecule has 2 aliphatic rings. The van der Waals surface area contributed by atoms with Crippen molar-refractivity contribution >= 4 is 29.1 Å². The van der Waals surface area contributed by atoms with E-state index in [9.17, 15) is 3.89 Å². The van der Waals surface area contributed by atoms with Gasteiger partial charge >= 0.3 is 0 Å². The highest BCUT2D eigenvalue weighted by Crippen LogP contribution is 2.50. The molecule has 130 valence electrons. The number of nitrogens with zero attached hydrogens (tertiary/aromatic N) is 3. The fourth-order valence-electron chi connectivity index (χ4n) is 4.17. The lowest BCUT2D eigenvalue weighted by Crippen LogP contribution is -2.07. The summed E-state index contributed by atoms with van der Waals surface area (Å²) in [6.45, 7) is 2.14. The molecule has 2 atom stereocenters.